The van der Waals surface area contributed by atoms with Gasteiger partial charge in [0, 0.05) is 10.9 Å². The van der Waals surface area contributed by atoms with Crippen LogP contribution in [0, 0.1) is 0 Å². The van der Waals surface area contributed by atoms with Crippen LogP contribution in [0.25, 0.3) is 0 Å². The van der Waals surface area contributed by atoms with Gasteiger partial charge in [0.05, 0.1) is 6.04 Å². The molecule has 0 aliphatic carbocycles. The van der Waals surface area contributed by atoms with E-state index in [4.69, 9.17) is 10.5 Å². The molecule has 1 aliphatic heterocycles. The lowest BCUT2D eigenvalue weighted by atomic mass is 10.1. The molecule has 2 rings (SSSR count). The van der Waals surface area contributed by atoms with Gasteiger partial charge in [-0.25, -0.2) is 4.99 Å². The maximum absolute atomic E-state index is 5.55. The fourth-order valence-electron chi connectivity index (χ4n) is 1.90. The third-order valence-corrected chi connectivity index (χ3v) is 3.22. The van der Waals surface area contributed by atoms with E-state index in [2.05, 4.69) is 33.1 Å². The SMILES string of the molecule is NCCCC1=NC(Cc2cccc(Br)c2)CO1. The second kappa shape index (κ2) is 6.17. The van der Waals surface area contributed by atoms with E-state index in [1.807, 2.05) is 12.1 Å². The van der Waals surface area contributed by atoms with Crippen molar-refractivity contribution in [2.45, 2.75) is 25.3 Å². The van der Waals surface area contributed by atoms with Gasteiger partial charge < -0.3 is 10.5 Å². The van der Waals surface area contributed by atoms with Crippen LogP contribution in [0.2, 0.25) is 0 Å². The fourth-order valence-corrected chi connectivity index (χ4v) is 2.35. The average molecular weight is 297 g/mol. The Hall–Kier alpha value is -0.870. The van der Waals surface area contributed by atoms with Crippen molar-refractivity contribution in [2.24, 2.45) is 10.7 Å². The topological polar surface area (TPSA) is 47.6 Å². The van der Waals surface area contributed by atoms with Gasteiger partial charge in [0.15, 0.2) is 5.90 Å². The highest BCUT2D eigenvalue weighted by Gasteiger charge is 2.18. The van der Waals surface area contributed by atoms with Gasteiger partial charge in [0.2, 0.25) is 0 Å². The summed E-state index contributed by atoms with van der Waals surface area (Å²) in [4.78, 5) is 4.57. The third-order valence-electron chi connectivity index (χ3n) is 2.72. The Morgan fingerprint density at radius 1 is 1.47 bits per heavy atom. The molecule has 1 heterocycles. The minimum absolute atomic E-state index is 0.261. The highest BCUT2D eigenvalue weighted by Crippen LogP contribution is 2.17. The first-order valence-corrected chi connectivity index (χ1v) is 6.71. The van der Waals surface area contributed by atoms with Gasteiger partial charge in [-0.05, 0) is 37.1 Å². The van der Waals surface area contributed by atoms with Crippen LogP contribution >= 0.6 is 15.9 Å². The monoisotopic (exact) mass is 296 g/mol. The number of hydrogen-bond acceptors (Lipinski definition) is 3. The van der Waals surface area contributed by atoms with Crippen LogP contribution in [0.15, 0.2) is 33.7 Å². The predicted octanol–water partition coefficient (Wildman–Crippen LogP) is 2.53. The molecule has 1 aromatic rings. The second-order valence-corrected chi connectivity index (χ2v) is 5.13. The van der Waals surface area contributed by atoms with Crippen LogP contribution in [-0.4, -0.2) is 25.1 Å². The second-order valence-electron chi connectivity index (χ2n) is 4.21. The van der Waals surface area contributed by atoms with Crippen LogP contribution in [0.5, 0.6) is 0 Å². The van der Waals surface area contributed by atoms with E-state index in [1.165, 1.54) is 5.56 Å². The molecule has 0 bridgehead atoms. The van der Waals surface area contributed by atoms with E-state index in [9.17, 15) is 0 Å². The Morgan fingerprint density at radius 2 is 2.35 bits per heavy atom. The summed E-state index contributed by atoms with van der Waals surface area (Å²) in [6, 6.07) is 8.60. The molecule has 3 nitrogen and oxygen atoms in total. The van der Waals surface area contributed by atoms with Crippen LogP contribution in [0.4, 0.5) is 0 Å². The molecule has 1 aromatic carbocycles. The Bertz CT molecular complexity index is 406. The van der Waals surface area contributed by atoms with E-state index in [0.717, 1.165) is 29.6 Å². The number of halogens is 1. The minimum atomic E-state index is 0.261. The number of aliphatic imine (C=N–C) groups is 1. The van der Waals surface area contributed by atoms with Gasteiger partial charge in [-0.15, -0.1) is 0 Å². The van der Waals surface area contributed by atoms with E-state index < -0.39 is 0 Å². The van der Waals surface area contributed by atoms with Gasteiger partial charge >= 0.3 is 0 Å². The molecule has 0 amide bonds. The van der Waals surface area contributed by atoms with Crippen molar-refractivity contribution in [3.63, 3.8) is 0 Å². The average Bonchev–Trinajstić information content (AvgIpc) is 2.74. The smallest absolute Gasteiger partial charge is 0.183 e. The lowest BCUT2D eigenvalue weighted by molar-refractivity contribution is 0.308. The maximum Gasteiger partial charge on any atom is 0.183 e. The molecule has 0 radical (unpaired) electrons. The lowest BCUT2D eigenvalue weighted by Gasteiger charge is -2.05. The minimum Gasteiger partial charge on any atom is -0.479 e. The van der Waals surface area contributed by atoms with E-state index in [0.29, 0.717) is 13.2 Å². The van der Waals surface area contributed by atoms with Gasteiger partial charge in [-0.2, -0.15) is 0 Å². The molecule has 1 atom stereocenters. The predicted molar refractivity (Wildman–Crippen MR) is 73.3 cm³/mol. The summed E-state index contributed by atoms with van der Waals surface area (Å²) in [7, 11) is 0. The van der Waals surface area contributed by atoms with Crippen molar-refractivity contribution in [1.82, 2.24) is 0 Å². The number of ether oxygens (including phenoxy) is 1. The fraction of sp³-hybridized carbons (Fsp3) is 0.462. The summed E-state index contributed by atoms with van der Waals surface area (Å²) in [5, 5.41) is 0. The van der Waals surface area contributed by atoms with Crippen molar-refractivity contribution in [3.8, 4) is 0 Å². The molecule has 0 spiro atoms. The standard InChI is InChI=1S/C13H17BrN2O/c14-11-4-1-3-10(7-11)8-12-9-17-13(16-12)5-2-6-15/h1,3-4,7,12H,2,5-6,8-9,15H2. The Kier molecular flexibility index (Phi) is 4.57. The summed E-state index contributed by atoms with van der Waals surface area (Å²) in [6.45, 7) is 1.39. The summed E-state index contributed by atoms with van der Waals surface area (Å²) in [6.07, 6.45) is 2.75. The van der Waals surface area contributed by atoms with Crippen LogP contribution in [0.1, 0.15) is 18.4 Å². The molecular weight excluding hydrogens is 280 g/mol. The van der Waals surface area contributed by atoms with Gasteiger partial charge in [-0.3, -0.25) is 0 Å². The van der Waals surface area contributed by atoms with Gasteiger partial charge in [0.1, 0.15) is 6.61 Å². The number of benzene rings is 1. The zero-order valence-corrected chi connectivity index (χ0v) is 11.3. The molecule has 2 N–H and O–H groups in total. The van der Waals surface area contributed by atoms with E-state index >= 15 is 0 Å². The van der Waals surface area contributed by atoms with Crippen molar-refractivity contribution < 1.29 is 4.74 Å². The number of rotatable bonds is 5. The normalized spacial score (nSPS) is 18.9. The molecule has 0 saturated carbocycles. The maximum atomic E-state index is 5.55. The van der Waals surface area contributed by atoms with Gasteiger partial charge in [-0.1, -0.05) is 28.1 Å². The summed E-state index contributed by atoms with van der Waals surface area (Å²) >= 11 is 3.48. The first-order chi connectivity index (χ1) is 8.28. The van der Waals surface area contributed by atoms with E-state index in [-0.39, 0.29) is 6.04 Å². The quantitative estimate of drug-likeness (QED) is 0.908. The summed E-state index contributed by atoms with van der Waals surface area (Å²) in [5.74, 6) is 0.871. The molecule has 92 valence electrons. The zero-order chi connectivity index (χ0) is 12.1. The first kappa shape index (κ1) is 12.6. The molecule has 0 fully saturated rings. The lowest BCUT2D eigenvalue weighted by Crippen LogP contribution is -2.09. The molecule has 0 aromatic heterocycles. The van der Waals surface area contributed by atoms with E-state index in [1.54, 1.807) is 0 Å². The summed E-state index contributed by atoms with van der Waals surface area (Å²) in [5.41, 5.74) is 6.75. The van der Waals surface area contributed by atoms with Crippen molar-refractivity contribution in [3.05, 3.63) is 34.3 Å². The Morgan fingerprint density at radius 3 is 3.12 bits per heavy atom. The zero-order valence-electron chi connectivity index (χ0n) is 9.73. The van der Waals surface area contributed by atoms with Crippen molar-refractivity contribution >= 4 is 21.8 Å². The highest BCUT2D eigenvalue weighted by atomic mass is 79.9. The first-order valence-electron chi connectivity index (χ1n) is 5.92. The molecular formula is C13H17BrN2O. The highest BCUT2D eigenvalue weighted by molar-refractivity contribution is 9.10. The van der Waals surface area contributed by atoms with Crippen LogP contribution in [-0.2, 0) is 11.2 Å². The number of nitrogens with two attached hydrogens (primary N) is 1. The summed E-state index contributed by atoms with van der Waals surface area (Å²) < 4.78 is 6.67. The molecule has 0 saturated heterocycles. The largest absolute Gasteiger partial charge is 0.479 e. The van der Waals surface area contributed by atoms with Crippen LogP contribution in [0.3, 0.4) is 0 Å². The van der Waals surface area contributed by atoms with Crippen molar-refractivity contribution in [1.29, 1.82) is 0 Å². The molecule has 1 aliphatic rings. The molecule has 4 heteroatoms. The number of hydrogen-bond donors (Lipinski definition) is 1. The van der Waals surface area contributed by atoms with Crippen molar-refractivity contribution in [2.75, 3.05) is 13.2 Å². The number of nitrogens with zero attached hydrogens (tertiary/aromatic N) is 1. The van der Waals surface area contributed by atoms with Crippen LogP contribution < -0.4 is 5.73 Å². The Labute approximate surface area is 110 Å². The third kappa shape index (κ3) is 3.82. The molecule has 1 unspecified atom stereocenters. The van der Waals surface area contributed by atoms with Gasteiger partial charge in [0.25, 0.3) is 0 Å². The Balaban J connectivity index is 1.90. The molecule has 17 heavy (non-hydrogen) atoms.